The molecule has 5 heteroatoms. The first-order valence-corrected chi connectivity index (χ1v) is 6.72. The van der Waals surface area contributed by atoms with Crippen LogP contribution in [0.3, 0.4) is 0 Å². The summed E-state index contributed by atoms with van der Waals surface area (Å²) < 4.78 is 18.8. The molecule has 1 N–H and O–H groups in total. The molecule has 0 amide bonds. The largest absolute Gasteiger partial charge is 0.379 e. The van der Waals surface area contributed by atoms with Crippen molar-refractivity contribution in [2.24, 2.45) is 5.92 Å². The normalized spacial score (nSPS) is 23.7. The number of nitrogens with zero attached hydrogens (tertiary/aromatic N) is 2. The lowest BCUT2D eigenvalue weighted by molar-refractivity contribution is 0.0496. The van der Waals surface area contributed by atoms with Gasteiger partial charge in [-0.25, -0.2) is 9.37 Å². The highest BCUT2D eigenvalue weighted by atomic mass is 19.1. The molecule has 0 spiro atoms. The fraction of sp³-hybridized carbons (Fsp3) is 0.643. The maximum Gasteiger partial charge on any atom is 0.141 e. The number of hydrogen-bond donors (Lipinski definition) is 1. The third kappa shape index (κ3) is 3.22. The van der Waals surface area contributed by atoms with Gasteiger partial charge in [0.05, 0.1) is 12.3 Å². The summed E-state index contributed by atoms with van der Waals surface area (Å²) >= 11 is 0. The van der Waals surface area contributed by atoms with Crippen molar-refractivity contribution < 1.29 is 9.13 Å². The van der Waals surface area contributed by atoms with E-state index >= 15 is 0 Å². The molecule has 1 fully saturated rings. The number of anilines is 1. The lowest BCUT2D eigenvalue weighted by Crippen LogP contribution is -2.44. The Kier molecular flexibility index (Phi) is 4.71. The number of rotatable bonds is 4. The molecule has 2 unspecified atom stereocenters. The van der Waals surface area contributed by atoms with Crippen LogP contribution in [0.15, 0.2) is 12.3 Å². The summed E-state index contributed by atoms with van der Waals surface area (Å²) in [7, 11) is 3.60. The van der Waals surface area contributed by atoms with Gasteiger partial charge in [0.25, 0.3) is 0 Å². The lowest BCUT2D eigenvalue weighted by atomic mass is 9.95. The Balaban J connectivity index is 2.21. The van der Waals surface area contributed by atoms with Gasteiger partial charge in [-0.1, -0.05) is 6.92 Å². The first-order valence-electron chi connectivity index (χ1n) is 6.72. The number of halogens is 1. The first kappa shape index (κ1) is 14.2. The zero-order chi connectivity index (χ0) is 13.8. The zero-order valence-corrected chi connectivity index (χ0v) is 11.8. The Hall–Kier alpha value is -1.20. The van der Waals surface area contributed by atoms with E-state index in [-0.39, 0.29) is 11.9 Å². The molecule has 0 radical (unpaired) electrons. The lowest BCUT2D eigenvalue weighted by Gasteiger charge is -2.37. The standard InChI is InChI=1S/C14H22FN3O/c1-10-4-5-18(9-13(10)19-3)14-11(7-16-2)6-12(15)8-17-14/h6,8,10,13,16H,4-5,7,9H2,1-3H3. The average molecular weight is 267 g/mol. The summed E-state index contributed by atoms with van der Waals surface area (Å²) in [5.74, 6) is 1.13. The molecule has 19 heavy (non-hydrogen) atoms. The first-order chi connectivity index (χ1) is 9.15. The van der Waals surface area contributed by atoms with Crippen LogP contribution in [-0.4, -0.2) is 38.3 Å². The quantitative estimate of drug-likeness (QED) is 0.902. The van der Waals surface area contributed by atoms with Crippen LogP contribution in [0.1, 0.15) is 18.9 Å². The van der Waals surface area contributed by atoms with E-state index in [4.69, 9.17) is 4.74 Å². The molecule has 106 valence electrons. The minimum absolute atomic E-state index is 0.211. The molecule has 2 heterocycles. The molecule has 0 aromatic carbocycles. The Labute approximate surface area is 114 Å². The smallest absolute Gasteiger partial charge is 0.141 e. The van der Waals surface area contributed by atoms with E-state index < -0.39 is 0 Å². The van der Waals surface area contributed by atoms with Gasteiger partial charge in [0.1, 0.15) is 11.6 Å². The number of methoxy groups -OCH3 is 1. The van der Waals surface area contributed by atoms with Gasteiger partial charge >= 0.3 is 0 Å². The summed E-state index contributed by atoms with van der Waals surface area (Å²) in [6.45, 7) is 4.57. The average Bonchev–Trinajstić information content (AvgIpc) is 2.40. The maximum atomic E-state index is 13.3. The number of nitrogens with one attached hydrogen (secondary N) is 1. The van der Waals surface area contributed by atoms with Gasteiger partial charge < -0.3 is 15.0 Å². The summed E-state index contributed by atoms with van der Waals surface area (Å²) in [6, 6.07) is 1.55. The van der Waals surface area contributed by atoms with Gasteiger partial charge in [0.2, 0.25) is 0 Å². The van der Waals surface area contributed by atoms with E-state index in [9.17, 15) is 4.39 Å². The Morgan fingerprint density at radius 1 is 1.58 bits per heavy atom. The third-order valence-corrected chi connectivity index (χ3v) is 3.77. The van der Waals surface area contributed by atoms with Crippen LogP contribution < -0.4 is 10.2 Å². The van der Waals surface area contributed by atoms with E-state index in [1.807, 2.05) is 7.05 Å². The molecule has 1 aliphatic rings. The number of pyridine rings is 1. The van der Waals surface area contributed by atoms with Crippen LogP contribution in [0.5, 0.6) is 0 Å². The van der Waals surface area contributed by atoms with Crippen LogP contribution in [0.2, 0.25) is 0 Å². The highest BCUT2D eigenvalue weighted by Gasteiger charge is 2.27. The molecule has 1 aliphatic heterocycles. The molecule has 0 aliphatic carbocycles. The van der Waals surface area contributed by atoms with E-state index in [1.165, 1.54) is 6.20 Å². The second kappa shape index (κ2) is 6.30. The molecular formula is C14H22FN3O. The predicted molar refractivity (Wildman–Crippen MR) is 73.7 cm³/mol. The van der Waals surface area contributed by atoms with Crippen molar-refractivity contribution in [2.45, 2.75) is 26.0 Å². The molecule has 2 rings (SSSR count). The number of piperidine rings is 1. The molecule has 2 atom stereocenters. The van der Waals surface area contributed by atoms with Crippen molar-refractivity contribution in [2.75, 3.05) is 32.1 Å². The molecule has 0 saturated carbocycles. The van der Waals surface area contributed by atoms with Gasteiger partial charge in [-0.2, -0.15) is 0 Å². The van der Waals surface area contributed by atoms with Crippen molar-refractivity contribution in [1.29, 1.82) is 0 Å². The van der Waals surface area contributed by atoms with Crippen LogP contribution in [0.25, 0.3) is 0 Å². The fourth-order valence-electron chi connectivity index (χ4n) is 2.61. The van der Waals surface area contributed by atoms with Crippen molar-refractivity contribution in [1.82, 2.24) is 10.3 Å². The fourth-order valence-corrected chi connectivity index (χ4v) is 2.61. The van der Waals surface area contributed by atoms with Crippen molar-refractivity contribution in [3.63, 3.8) is 0 Å². The van der Waals surface area contributed by atoms with Crippen LogP contribution >= 0.6 is 0 Å². The van der Waals surface area contributed by atoms with E-state index in [1.54, 1.807) is 13.2 Å². The second-order valence-corrected chi connectivity index (χ2v) is 5.15. The minimum Gasteiger partial charge on any atom is -0.379 e. The Morgan fingerprint density at radius 2 is 2.37 bits per heavy atom. The number of aromatic nitrogens is 1. The minimum atomic E-state index is -0.289. The zero-order valence-electron chi connectivity index (χ0n) is 11.8. The van der Waals surface area contributed by atoms with Crippen molar-refractivity contribution >= 4 is 5.82 Å². The van der Waals surface area contributed by atoms with Crippen LogP contribution in [-0.2, 0) is 11.3 Å². The Morgan fingerprint density at radius 3 is 3.05 bits per heavy atom. The molecular weight excluding hydrogens is 245 g/mol. The number of ether oxygens (including phenoxy) is 1. The molecule has 1 saturated heterocycles. The SMILES string of the molecule is CNCc1cc(F)cnc1N1CCC(C)C(OC)C1. The van der Waals surface area contributed by atoms with E-state index in [2.05, 4.69) is 22.1 Å². The summed E-state index contributed by atoms with van der Waals surface area (Å²) in [4.78, 5) is 6.46. The maximum absolute atomic E-state index is 13.3. The summed E-state index contributed by atoms with van der Waals surface area (Å²) in [5.41, 5.74) is 0.895. The van der Waals surface area contributed by atoms with Crippen molar-refractivity contribution in [3.05, 3.63) is 23.6 Å². The molecule has 0 bridgehead atoms. The topological polar surface area (TPSA) is 37.4 Å². The van der Waals surface area contributed by atoms with Crippen LogP contribution in [0.4, 0.5) is 10.2 Å². The van der Waals surface area contributed by atoms with E-state index in [0.717, 1.165) is 30.9 Å². The third-order valence-electron chi connectivity index (χ3n) is 3.77. The highest BCUT2D eigenvalue weighted by Crippen LogP contribution is 2.26. The highest BCUT2D eigenvalue weighted by molar-refractivity contribution is 5.47. The number of hydrogen-bond acceptors (Lipinski definition) is 4. The summed E-state index contributed by atoms with van der Waals surface area (Å²) in [5, 5.41) is 3.06. The monoisotopic (exact) mass is 267 g/mol. The predicted octanol–water partition coefficient (Wildman–Crippen LogP) is 1.80. The molecule has 1 aromatic heterocycles. The second-order valence-electron chi connectivity index (χ2n) is 5.15. The van der Waals surface area contributed by atoms with Gasteiger partial charge in [-0.05, 0) is 25.5 Å². The van der Waals surface area contributed by atoms with Gasteiger partial charge in [-0.15, -0.1) is 0 Å². The summed E-state index contributed by atoms with van der Waals surface area (Å²) in [6.07, 6.45) is 2.56. The Bertz CT molecular complexity index is 427. The van der Waals surface area contributed by atoms with Crippen molar-refractivity contribution in [3.8, 4) is 0 Å². The van der Waals surface area contributed by atoms with Gasteiger partial charge in [0.15, 0.2) is 0 Å². The van der Waals surface area contributed by atoms with Gasteiger partial charge in [0, 0.05) is 32.3 Å². The van der Waals surface area contributed by atoms with E-state index in [0.29, 0.717) is 12.5 Å². The molecule has 4 nitrogen and oxygen atoms in total. The van der Waals surface area contributed by atoms with Gasteiger partial charge in [-0.3, -0.25) is 0 Å². The molecule has 1 aromatic rings. The van der Waals surface area contributed by atoms with Crippen LogP contribution in [0, 0.1) is 11.7 Å².